The Kier molecular flexibility index (Phi) is 4.33. The van der Waals surface area contributed by atoms with Gasteiger partial charge in [0.05, 0.1) is 17.7 Å². The van der Waals surface area contributed by atoms with Crippen LogP contribution < -0.4 is 4.90 Å². The van der Waals surface area contributed by atoms with Crippen LogP contribution in [0.25, 0.3) is 10.9 Å². The maximum Gasteiger partial charge on any atom is 0.345 e. The molecule has 3 aromatic rings. The van der Waals surface area contributed by atoms with Crippen molar-refractivity contribution in [3.63, 3.8) is 0 Å². The van der Waals surface area contributed by atoms with Crippen LogP contribution in [0.1, 0.15) is 38.6 Å². The van der Waals surface area contributed by atoms with E-state index in [0.717, 1.165) is 65.1 Å². The molecule has 0 saturated carbocycles. The van der Waals surface area contributed by atoms with E-state index in [1.807, 2.05) is 13.0 Å². The molecule has 0 unspecified atom stereocenters. The van der Waals surface area contributed by atoms with Crippen molar-refractivity contribution in [2.75, 3.05) is 24.6 Å². The van der Waals surface area contributed by atoms with Gasteiger partial charge in [-0.1, -0.05) is 0 Å². The predicted octanol–water partition coefficient (Wildman–Crippen LogP) is 4.51. The molecule has 0 amide bonds. The summed E-state index contributed by atoms with van der Waals surface area (Å²) in [5.41, 5.74) is 3.32. The summed E-state index contributed by atoms with van der Waals surface area (Å²) >= 11 is 1.37. The number of ether oxygens (including phenoxy) is 1. The number of fused-ring (bicyclic) bond motifs is 3. The van der Waals surface area contributed by atoms with Crippen LogP contribution in [0.4, 0.5) is 10.1 Å². The summed E-state index contributed by atoms with van der Waals surface area (Å²) in [4.78, 5) is 19.8. The first kappa shape index (κ1) is 18.5. The fourth-order valence-electron chi connectivity index (χ4n) is 4.62. The second-order valence-corrected chi connectivity index (χ2v) is 8.91. The first-order valence-corrected chi connectivity index (χ1v) is 10.6. The molecule has 5 rings (SSSR count). The molecular weight excluding hydrogens is 391 g/mol. The van der Waals surface area contributed by atoms with Gasteiger partial charge in [-0.25, -0.2) is 9.18 Å². The standard InChI is InChI=1S/C22H21FN2O3S/c1-13-10-18(15-11-14(23)2-3-17(15)24-13)25-7-5-22(6-8-25)16-12-20(21(26)27)29-19(16)4-9-28-22/h2-3,10-12H,4-9H2,1H3,(H,26,27). The molecule has 150 valence electrons. The van der Waals surface area contributed by atoms with Gasteiger partial charge in [0.25, 0.3) is 0 Å². The number of thiophene rings is 1. The van der Waals surface area contributed by atoms with Crippen molar-refractivity contribution >= 4 is 33.9 Å². The van der Waals surface area contributed by atoms with E-state index in [0.29, 0.717) is 11.5 Å². The number of benzene rings is 1. The van der Waals surface area contributed by atoms with Crippen molar-refractivity contribution < 1.29 is 19.0 Å². The third-order valence-corrected chi connectivity index (χ3v) is 7.19. The van der Waals surface area contributed by atoms with Crippen molar-refractivity contribution in [1.82, 2.24) is 4.98 Å². The highest BCUT2D eigenvalue weighted by Gasteiger charge is 2.42. The quantitative estimate of drug-likeness (QED) is 0.671. The lowest BCUT2D eigenvalue weighted by molar-refractivity contribution is -0.0756. The number of nitrogens with zero attached hydrogens (tertiary/aromatic N) is 2. The van der Waals surface area contributed by atoms with E-state index in [-0.39, 0.29) is 5.82 Å². The molecule has 4 heterocycles. The highest BCUT2D eigenvalue weighted by molar-refractivity contribution is 7.14. The SMILES string of the molecule is Cc1cc(N2CCC3(CC2)OCCc2sc(C(=O)O)cc23)c2cc(F)ccc2n1. The molecule has 1 aromatic carbocycles. The average molecular weight is 412 g/mol. The minimum atomic E-state index is -0.877. The third-order valence-electron chi connectivity index (χ3n) is 6.01. The van der Waals surface area contributed by atoms with E-state index in [2.05, 4.69) is 9.88 Å². The molecule has 1 saturated heterocycles. The maximum absolute atomic E-state index is 13.9. The maximum atomic E-state index is 13.9. The molecule has 29 heavy (non-hydrogen) atoms. The summed E-state index contributed by atoms with van der Waals surface area (Å²) in [6.07, 6.45) is 2.31. The monoisotopic (exact) mass is 412 g/mol. The molecule has 1 fully saturated rings. The number of aryl methyl sites for hydroxylation is 1. The zero-order valence-corrected chi connectivity index (χ0v) is 16.9. The molecule has 0 aliphatic carbocycles. The largest absolute Gasteiger partial charge is 0.477 e. The Hall–Kier alpha value is -2.51. The molecule has 0 atom stereocenters. The Balaban J connectivity index is 1.47. The van der Waals surface area contributed by atoms with Crippen molar-refractivity contribution in [2.24, 2.45) is 0 Å². The molecule has 0 bridgehead atoms. The van der Waals surface area contributed by atoms with E-state index in [1.54, 1.807) is 18.2 Å². The van der Waals surface area contributed by atoms with Crippen LogP contribution in [0.15, 0.2) is 30.3 Å². The summed E-state index contributed by atoms with van der Waals surface area (Å²) < 4.78 is 20.1. The molecule has 7 heteroatoms. The second-order valence-electron chi connectivity index (χ2n) is 7.78. The van der Waals surface area contributed by atoms with Crippen LogP contribution in [0.2, 0.25) is 0 Å². The van der Waals surface area contributed by atoms with Gasteiger partial charge in [-0.05, 0) is 55.7 Å². The van der Waals surface area contributed by atoms with Crippen LogP contribution >= 0.6 is 11.3 Å². The number of aromatic nitrogens is 1. The van der Waals surface area contributed by atoms with E-state index in [4.69, 9.17) is 4.74 Å². The van der Waals surface area contributed by atoms with Crippen LogP contribution in [0.5, 0.6) is 0 Å². The number of pyridine rings is 1. The number of carboxylic acid groups (broad SMARTS) is 1. The van der Waals surface area contributed by atoms with Crippen LogP contribution in [0.3, 0.4) is 0 Å². The number of anilines is 1. The van der Waals surface area contributed by atoms with Gasteiger partial charge in [0.15, 0.2) is 0 Å². The first-order valence-electron chi connectivity index (χ1n) is 9.77. The number of carbonyl (C=O) groups is 1. The van der Waals surface area contributed by atoms with Gasteiger partial charge in [0.1, 0.15) is 10.7 Å². The minimum Gasteiger partial charge on any atom is -0.477 e. The minimum absolute atomic E-state index is 0.266. The van der Waals surface area contributed by atoms with Gasteiger partial charge >= 0.3 is 5.97 Å². The number of piperidine rings is 1. The summed E-state index contributed by atoms with van der Waals surface area (Å²) in [6, 6.07) is 8.53. The molecule has 1 spiro atoms. The number of hydrogen-bond donors (Lipinski definition) is 1. The number of rotatable bonds is 2. The van der Waals surface area contributed by atoms with Crippen LogP contribution in [-0.4, -0.2) is 35.8 Å². The summed E-state index contributed by atoms with van der Waals surface area (Å²) in [6.45, 7) is 4.08. The molecular formula is C22H21FN2O3S. The lowest BCUT2D eigenvalue weighted by Crippen LogP contribution is -2.46. The fraction of sp³-hybridized carbons (Fsp3) is 0.364. The normalized spacial score (nSPS) is 18.2. The fourth-order valence-corrected chi connectivity index (χ4v) is 5.69. The van der Waals surface area contributed by atoms with E-state index >= 15 is 0 Å². The molecule has 2 aromatic heterocycles. The van der Waals surface area contributed by atoms with Crippen molar-refractivity contribution in [2.45, 2.75) is 31.8 Å². The molecule has 0 radical (unpaired) electrons. The van der Waals surface area contributed by atoms with Crippen LogP contribution in [0, 0.1) is 12.7 Å². The second kappa shape index (κ2) is 6.78. The predicted molar refractivity (Wildman–Crippen MR) is 110 cm³/mol. The van der Waals surface area contributed by atoms with Gasteiger partial charge in [0.2, 0.25) is 0 Å². The smallest absolute Gasteiger partial charge is 0.345 e. The van der Waals surface area contributed by atoms with Gasteiger partial charge in [-0.2, -0.15) is 0 Å². The van der Waals surface area contributed by atoms with E-state index < -0.39 is 11.6 Å². The number of aromatic carboxylic acids is 1. The Labute approximate surface area is 171 Å². The third kappa shape index (κ3) is 3.09. The zero-order valence-electron chi connectivity index (χ0n) is 16.1. The van der Waals surface area contributed by atoms with Gasteiger partial charge in [-0.3, -0.25) is 4.98 Å². The highest BCUT2D eigenvalue weighted by atomic mass is 32.1. The van der Waals surface area contributed by atoms with Gasteiger partial charge in [0, 0.05) is 41.2 Å². The van der Waals surface area contributed by atoms with Gasteiger partial charge < -0.3 is 14.7 Å². The topological polar surface area (TPSA) is 62.7 Å². The molecule has 1 N–H and O–H groups in total. The lowest BCUT2D eigenvalue weighted by atomic mass is 9.82. The Bertz CT molecular complexity index is 1120. The average Bonchev–Trinajstić information content (AvgIpc) is 3.15. The number of hydrogen-bond acceptors (Lipinski definition) is 5. The molecule has 2 aliphatic heterocycles. The van der Waals surface area contributed by atoms with Crippen molar-refractivity contribution in [3.05, 3.63) is 57.2 Å². The number of halogens is 1. The zero-order chi connectivity index (χ0) is 20.2. The van der Waals surface area contributed by atoms with Crippen molar-refractivity contribution in [3.8, 4) is 0 Å². The summed E-state index contributed by atoms with van der Waals surface area (Å²) in [5, 5.41) is 10.2. The summed E-state index contributed by atoms with van der Waals surface area (Å²) in [7, 11) is 0. The number of carboxylic acids is 1. The van der Waals surface area contributed by atoms with Gasteiger partial charge in [-0.15, -0.1) is 11.3 Å². The first-order chi connectivity index (χ1) is 13.9. The van der Waals surface area contributed by atoms with Crippen molar-refractivity contribution in [1.29, 1.82) is 0 Å². The highest BCUT2D eigenvalue weighted by Crippen LogP contribution is 2.45. The Morgan fingerprint density at radius 1 is 1.28 bits per heavy atom. The molecule has 5 nitrogen and oxygen atoms in total. The Morgan fingerprint density at radius 2 is 2.07 bits per heavy atom. The van der Waals surface area contributed by atoms with E-state index in [9.17, 15) is 14.3 Å². The Morgan fingerprint density at radius 3 is 2.83 bits per heavy atom. The van der Waals surface area contributed by atoms with E-state index in [1.165, 1.54) is 17.4 Å². The lowest BCUT2D eigenvalue weighted by Gasteiger charge is -2.45. The van der Waals surface area contributed by atoms with Crippen LogP contribution in [-0.2, 0) is 16.8 Å². The summed E-state index contributed by atoms with van der Waals surface area (Å²) in [5.74, 6) is -1.14. The molecule has 2 aliphatic rings.